The molecule has 0 N–H and O–H groups in total. The van der Waals surface area contributed by atoms with E-state index in [-0.39, 0.29) is 16.6 Å². The van der Waals surface area contributed by atoms with E-state index in [4.69, 9.17) is 11.6 Å². The highest BCUT2D eigenvalue weighted by Gasteiger charge is 2.29. The lowest BCUT2D eigenvalue weighted by Gasteiger charge is -2.16. The molecule has 0 radical (unpaired) electrons. The van der Waals surface area contributed by atoms with Crippen LogP contribution in [0, 0.1) is 0 Å². The van der Waals surface area contributed by atoms with Crippen molar-refractivity contribution in [2.45, 2.75) is 6.42 Å². The fraction of sp³-hybridized carbons (Fsp3) is 0.0769. The first-order valence-corrected chi connectivity index (χ1v) is 5.22. The normalized spacial score (nSPS) is 15.1. The molecule has 0 saturated carbocycles. The van der Waals surface area contributed by atoms with Crippen molar-refractivity contribution in [2.24, 2.45) is 0 Å². The minimum atomic E-state index is -0.284. The Balaban J connectivity index is 2.63. The van der Waals surface area contributed by atoms with Gasteiger partial charge in [-0.05, 0) is 6.42 Å². The van der Waals surface area contributed by atoms with Crippen LogP contribution in [0.2, 0.25) is 0 Å². The van der Waals surface area contributed by atoms with Crippen molar-refractivity contribution >= 4 is 23.2 Å². The zero-order chi connectivity index (χ0) is 11.7. The quantitative estimate of drug-likeness (QED) is 0.734. The Morgan fingerprint density at radius 1 is 1.12 bits per heavy atom. The molecular formula is C13H9ClO2. The van der Waals surface area contributed by atoms with E-state index in [0.717, 1.165) is 0 Å². The van der Waals surface area contributed by atoms with E-state index in [1.165, 1.54) is 0 Å². The summed E-state index contributed by atoms with van der Waals surface area (Å²) in [5, 5.41) is 0.0172. The number of hydrogen-bond acceptors (Lipinski definition) is 2. The van der Waals surface area contributed by atoms with Crippen LogP contribution in [0.3, 0.4) is 0 Å². The molecule has 0 spiro atoms. The Labute approximate surface area is 98.2 Å². The number of allylic oxidation sites excluding steroid dienone is 3. The van der Waals surface area contributed by atoms with Gasteiger partial charge in [0.2, 0.25) is 5.78 Å². The second-order valence-corrected chi connectivity index (χ2v) is 3.87. The molecule has 16 heavy (non-hydrogen) atoms. The van der Waals surface area contributed by atoms with Crippen molar-refractivity contribution in [3.05, 3.63) is 58.7 Å². The Morgan fingerprint density at radius 2 is 1.69 bits per heavy atom. The number of carbonyl (C=O) groups excluding carboxylic acids is 2. The predicted octanol–water partition coefficient (Wildman–Crippen LogP) is 3.13. The first-order chi connectivity index (χ1) is 7.66. The molecule has 0 amide bonds. The van der Waals surface area contributed by atoms with Crippen molar-refractivity contribution in [3.63, 3.8) is 0 Å². The first-order valence-electron chi connectivity index (χ1n) is 4.84. The number of benzene rings is 1. The SMILES string of the molecule is C=CCC1=C(Cl)C(=O)c2ccccc2C1=O. The highest BCUT2D eigenvalue weighted by atomic mass is 35.5. The Morgan fingerprint density at radius 3 is 2.25 bits per heavy atom. The maximum Gasteiger partial charge on any atom is 0.205 e. The largest absolute Gasteiger partial charge is 0.289 e. The third-order valence-corrected chi connectivity index (χ3v) is 2.90. The molecular weight excluding hydrogens is 224 g/mol. The van der Waals surface area contributed by atoms with Gasteiger partial charge in [-0.2, -0.15) is 0 Å². The van der Waals surface area contributed by atoms with Crippen molar-refractivity contribution in [2.75, 3.05) is 0 Å². The molecule has 0 heterocycles. The predicted molar refractivity (Wildman–Crippen MR) is 62.8 cm³/mol. The number of ketones is 2. The van der Waals surface area contributed by atoms with E-state index in [1.807, 2.05) is 0 Å². The van der Waals surface area contributed by atoms with Gasteiger partial charge in [-0.1, -0.05) is 41.9 Å². The molecule has 3 heteroatoms. The maximum absolute atomic E-state index is 12.0. The molecule has 0 aromatic heterocycles. The summed E-state index contributed by atoms with van der Waals surface area (Å²) in [4.78, 5) is 23.9. The van der Waals surface area contributed by atoms with E-state index in [9.17, 15) is 9.59 Å². The average Bonchev–Trinajstić information content (AvgIpc) is 2.32. The van der Waals surface area contributed by atoms with Crippen molar-refractivity contribution in [1.82, 2.24) is 0 Å². The molecule has 0 saturated heterocycles. The van der Waals surface area contributed by atoms with Gasteiger partial charge in [-0.15, -0.1) is 6.58 Å². The third kappa shape index (κ3) is 1.51. The van der Waals surface area contributed by atoms with Gasteiger partial charge in [0.1, 0.15) is 0 Å². The van der Waals surface area contributed by atoms with Gasteiger partial charge < -0.3 is 0 Å². The Hall–Kier alpha value is -1.67. The molecule has 2 rings (SSSR count). The van der Waals surface area contributed by atoms with Crippen LogP contribution < -0.4 is 0 Å². The average molecular weight is 233 g/mol. The lowest BCUT2D eigenvalue weighted by molar-refractivity contribution is 0.0979. The van der Waals surface area contributed by atoms with Crippen LogP contribution in [-0.2, 0) is 0 Å². The van der Waals surface area contributed by atoms with E-state index in [2.05, 4.69) is 6.58 Å². The van der Waals surface area contributed by atoms with Gasteiger partial charge in [0.05, 0.1) is 5.03 Å². The van der Waals surface area contributed by atoms with E-state index >= 15 is 0 Å². The molecule has 1 aliphatic carbocycles. The first kappa shape index (κ1) is 10.8. The zero-order valence-electron chi connectivity index (χ0n) is 8.50. The highest BCUT2D eigenvalue weighted by Crippen LogP contribution is 2.30. The summed E-state index contributed by atoms with van der Waals surface area (Å²) in [6.45, 7) is 3.55. The van der Waals surface area contributed by atoms with Crippen LogP contribution in [-0.4, -0.2) is 11.6 Å². The number of Topliss-reactive ketones (excluding diaryl/α,β-unsaturated/α-hetero) is 2. The molecule has 0 aliphatic heterocycles. The minimum Gasteiger partial charge on any atom is -0.289 e. The van der Waals surface area contributed by atoms with E-state index < -0.39 is 0 Å². The second kappa shape index (κ2) is 4.06. The maximum atomic E-state index is 12.0. The third-order valence-electron chi connectivity index (χ3n) is 2.50. The van der Waals surface area contributed by atoms with Gasteiger partial charge in [0.15, 0.2) is 5.78 Å². The van der Waals surface area contributed by atoms with Crippen molar-refractivity contribution < 1.29 is 9.59 Å². The second-order valence-electron chi connectivity index (χ2n) is 3.49. The summed E-state index contributed by atoms with van der Waals surface area (Å²) in [6, 6.07) is 6.70. The fourth-order valence-corrected chi connectivity index (χ4v) is 1.99. The number of hydrogen-bond donors (Lipinski definition) is 0. The molecule has 2 nitrogen and oxygen atoms in total. The van der Waals surface area contributed by atoms with Gasteiger partial charge in [-0.3, -0.25) is 9.59 Å². The van der Waals surface area contributed by atoms with Crippen LogP contribution in [0.1, 0.15) is 27.1 Å². The Kier molecular flexibility index (Phi) is 2.75. The van der Waals surface area contributed by atoms with Gasteiger partial charge >= 0.3 is 0 Å². The Bertz CT molecular complexity index is 526. The summed E-state index contributed by atoms with van der Waals surface area (Å²) in [5.41, 5.74) is 1.14. The van der Waals surface area contributed by atoms with Crippen LogP contribution in [0.4, 0.5) is 0 Å². The smallest absolute Gasteiger partial charge is 0.205 e. The molecule has 1 aromatic rings. The number of halogens is 1. The highest BCUT2D eigenvalue weighted by molar-refractivity contribution is 6.50. The van der Waals surface area contributed by atoms with Crippen LogP contribution in [0.25, 0.3) is 0 Å². The summed E-state index contributed by atoms with van der Waals surface area (Å²) in [7, 11) is 0. The summed E-state index contributed by atoms with van der Waals surface area (Å²) in [6.07, 6.45) is 1.88. The number of carbonyl (C=O) groups is 2. The van der Waals surface area contributed by atoms with E-state index in [1.54, 1.807) is 30.3 Å². The zero-order valence-corrected chi connectivity index (χ0v) is 9.25. The topological polar surface area (TPSA) is 34.1 Å². The van der Waals surface area contributed by atoms with Crippen LogP contribution in [0.15, 0.2) is 47.5 Å². The molecule has 0 unspecified atom stereocenters. The summed E-state index contributed by atoms with van der Waals surface area (Å²) in [5.74, 6) is -0.464. The lowest BCUT2D eigenvalue weighted by atomic mass is 9.88. The van der Waals surface area contributed by atoms with Crippen molar-refractivity contribution in [1.29, 1.82) is 0 Å². The monoisotopic (exact) mass is 232 g/mol. The lowest BCUT2D eigenvalue weighted by Crippen LogP contribution is -2.19. The number of rotatable bonds is 2. The molecule has 1 aliphatic rings. The summed E-state index contributed by atoms with van der Waals surface area (Å²) >= 11 is 5.90. The molecule has 0 fully saturated rings. The molecule has 80 valence electrons. The van der Waals surface area contributed by atoms with Gasteiger partial charge in [0.25, 0.3) is 0 Å². The van der Waals surface area contributed by atoms with Crippen LogP contribution in [0.5, 0.6) is 0 Å². The minimum absolute atomic E-state index is 0.0172. The fourth-order valence-electron chi connectivity index (χ4n) is 1.72. The molecule has 1 aromatic carbocycles. The summed E-state index contributed by atoms with van der Waals surface area (Å²) < 4.78 is 0. The van der Waals surface area contributed by atoms with E-state index in [0.29, 0.717) is 23.1 Å². The van der Waals surface area contributed by atoms with Crippen molar-refractivity contribution in [3.8, 4) is 0 Å². The number of fused-ring (bicyclic) bond motifs is 1. The standard InChI is InChI=1S/C13H9ClO2/c1-2-5-10-11(14)13(16)9-7-4-3-6-8(9)12(10)15/h2-4,6-7H,1,5H2. The molecule has 0 bridgehead atoms. The van der Waals surface area contributed by atoms with Gasteiger partial charge in [-0.25, -0.2) is 0 Å². The van der Waals surface area contributed by atoms with Crippen LogP contribution >= 0.6 is 11.6 Å². The van der Waals surface area contributed by atoms with Gasteiger partial charge in [0, 0.05) is 16.7 Å². The molecule has 0 atom stereocenters.